The van der Waals surface area contributed by atoms with Gasteiger partial charge in [0.2, 0.25) is 0 Å². The van der Waals surface area contributed by atoms with Gasteiger partial charge < -0.3 is 11.1 Å². The maximum absolute atomic E-state index is 12.8. The molecular weight excluding hydrogens is 285 g/mol. The summed E-state index contributed by atoms with van der Waals surface area (Å²) >= 11 is 0. The van der Waals surface area contributed by atoms with Crippen molar-refractivity contribution in [1.82, 2.24) is 10.2 Å². The van der Waals surface area contributed by atoms with Gasteiger partial charge >= 0.3 is 6.18 Å². The highest BCUT2D eigenvalue weighted by Crippen LogP contribution is 2.33. The quantitative estimate of drug-likeness (QED) is 0.892. The molecule has 110 valence electrons. The molecule has 0 spiro atoms. The second kappa shape index (κ2) is 5.39. The van der Waals surface area contributed by atoms with Crippen molar-refractivity contribution in [2.24, 2.45) is 0 Å². The third-order valence-corrected chi connectivity index (χ3v) is 2.72. The molecule has 0 atom stereocenters. The zero-order valence-electron chi connectivity index (χ0n) is 10.9. The van der Waals surface area contributed by atoms with Crippen LogP contribution in [0.15, 0.2) is 30.3 Å². The summed E-state index contributed by atoms with van der Waals surface area (Å²) in [7, 11) is 0. The number of nitrogens with zero attached hydrogens (tertiary/aromatic N) is 2. The van der Waals surface area contributed by atoms with E-state index in [2.05, 4.69) is 15.5 Å². The van der Waals surface area contributed by atoms with Crippen LogP contribution in [0.1, 0.15) is 21.6 Å². The molecule has 0 bridgehead atoms. The molecule has 1 amide bonds. The van der Waals surface area contributed by atoms with E-state index in [0.717, 1.165) is 6.07 Å². The molecule has 1 aromatic heterocycles. The molecule has 0 fully saturated rings. The number of alkyl halides is 3. The van der Waals surface area contributed by atoms with Crippen LogP contribution in [-0.4, -0.2) is 16.1 Å². The minimum Gasteiger partial charge on any atom is -0.382 e. The van der Waals surface area contributed by atoms with Gasteiger partial charge in [-0.2, -0.15) is 13.2 Å². The summed E-state index contributed by atoms with van der Waals surface area (Å²) in [5.41, 5.74) is 4.59. The number of nitrogen functional groups attached to an aromatic ring is 1. The predicted molar refractivity (Wildman–Crippen MR) is 70.6 cm³/mol. The lowest BCUT2D eigenvalue weighted by Gasteiger charge is -2.12. The largest absolute Gasteiger partial charge is 0.416 e. The highest BCUT2D eigenvalue weighted by Gasteiger charge is 2.32. The fraction of sp³-hybridized carbons (Fsp3) is 0.154. The number of nitrogens with two attached hydrogens (primary N) is 1. The number of anilines is 2. The van der Waals surface area contributed by atoms with Gasteiger partial charge in [0.15, 0.2) is 5.69 Å². The lowest BCUT2D eigenvalue weighted by atomic mass is 10.1. The van der Waals surface area contributed by atoms with Gasteiger partial charge in [-0.3, -0.25) is 4.79 Å². The topological polar surface area (TPSA) is 80.9 Å². The van der Waals surface area contributed by atoms with Gasteiger partial charge in [-0.1, -0.05) is 6.07 Å². The summed E-state index contributed by atoms with van der Waals surface area (Å²) in [4.78, 5) is 11.8. The number of rotatable bonds is 2. The van der Waals surface area contributed by atoms with Crippen molar-refractivity contribution in [3.8, 4) is 0 Å². The van der Waals surface area contributed by atoms with Crippen LogP contribution in [0.25, 0.3) is 0 Å². The van der Waals surface area contributed by atoms with E-state index in [1.165, 1.54) is 31.2 Å². The summed E-state index contributed by atoms with van der Waals surface area (Å²) in [6, 6.07) is 6.24. The van der Waals surface area contributed by atoms with Crippen molar-refractivity contribution in [2.75, 3.05) is 11.1 Å². The Morgan fingerprint density at radius 1 is 1.19 bits per heavy atom. The Bertz CT molecular complexity index is 668. The second-order valence-electron chi connectivity index (χ2n) is 4.33. The molecular formula is C13H11F3N4O. The second-order valence-corrected chi connectivity index (χ2v) is 4.33. The first kappa shape index (κ1) is 14.8. The first-order valence-corrected chi connectivity index (χ1v) is 5.86. The van der Waals surface area contributed by atoms with E-state index in [1.807, 2.05) is 0 Å². The molecule has 1 aromatic carbocycles. The van der Waals surface area contributed by atoms with Crippen LogP contribution < -0.4 is 11.1 Å². The van der Waals surface area contributed by atoms with Gasteiger partial charge in [0.05, 0.1) is 5.56 Å². The number of benzene rings is 1. The highest BCUT2D eigenvalue weighted by molar-refractivity contribution is 6.02. The van der Waals surface area contributed by atoms with Crippen LogP contribution >= 0.6 is 0 Å². The van der Waals surface area contributed by atoms with Crippen molar-refractivity contribution in [2.45, 2.75) is 13.1 Å². The first-order chi connectivity index (χ1) is 9.77. The van der Waals surface area contributed by atoms with Crippen LogP contribution in [-0.2, 0) is 6.18 Å². The monoisotopic (exact) mass is 296 g/mol. The molecule has 0 unspecified atom stereocenters. The van der Waals surface area contributed by atoms with E-state index in [-0.39, 0.29) is 22.8 Å². The van der Waals surface area contributed by atoms with Gasteiger partial charge in [-0.05, 0) is 36.8 Å². The summed E-state index contributed by atoms with van der Waals surface area (Å²) in [5, 5.41) is 9.39. The van der Waals surface area contributed by atoms with Crippen LogP contribution in [0.5, 0.6) is 0 Å². The lowest BCUT2D eigenvalue weighted by Crippen LogP contribution is -2.16. The zero-order chi connectivity index (χ0) is 15.6. The molecule has 0 aliphatic heterocycles. The van der Waals surface area contributed by atoms with Crippen LogP contribution in [0, 0.1) is 6.92 Å². The molecule has 5 nitrogen and oxygen atoms in total. The minimum atomic E-state index is -4.48. The number of amides is 1. The van der Waals surface area contributed by atoms with Crippen molar-refractivity contribution in [3.63, 3.8) is 0 Å². The van der Waals surface area contributed by atoms with Crippen molar-refractivity contribution >= 4 is 17.4 Å². The average molecular weight is 296 g/mol. The molecule has 3 N–H and O–H groups in total. The Morgan fingerprint density at radius 3 is 2.48 bits per heavy atom. The fourth-order valence-corrected chi connectivity index (χ4v) is 1.66. The minimum absolute atomic E-state index is 0.0246. The Morgan fingerprint density at radius 2 is 1.90 bits per heavy atom. The van der Waals surface area contributed by atoms with Gasteiger partial charge in [0.1, 0.15) is 5.82 Å². The third kappa shape index (κ3) is 3.47. The van der Waals surface area contributed by atoms with Crippen molar-refractivity contribution < 1.29 is 18.0 Å². The van der Waals surface area contributed by atoms with Crippen molar-refractivity contribution in [1.29, 1.82) is 0 Å². The molecule has 2 aromatic rings. The molecule has 0 radical (unpaired) electrons. The first-order valence-electron chi connectivity index (χ1n) is 5.86. The van der Waals surface area contributed by atoms with Gasteiger partial charge in [-0.25, -0.2) is 0 Å². The zero-order valence-corrected chi connectivity index (χ0v) is 10.9. The number of carbonyl (C=O) groups excluding carboxylic acids is 1. The van der Waals surface area contributed by atoms with E-state index in [1.54, 1.807) is 0 Å². The Labute approximate surface area is 118 Å². The van der Waals surface area contributed by atoms with Crippen LogP contribution in [0.4, 0.5) is 24.7 Å². The summed E-state index contributed by atoms with van der Waals surface area (Å²) in [6.07, 6.45) is -4.48. The molecule has 1 heterocycles. The predicted octanol–water partition coefficient (Wildman–Crippen LogP) is 2.64. The van der Waals surface area contributed by atoms with Gasteiger partial charge in [-0.15, -0.1) is 10.2 Å². The van der Waals surface area contributed by atoms with E-state index in [4.69, 9.17) is 5.73 Å². The smallest absolute Gasteiger partial charge is 0.382 e. The molecule has 0 aliphatic rings. The Kier molecular flexibility index (Phi) is 3.79. The highest BCUT2D eigenvalue weighted by atomic mass is 19.4. The number of aryl methyl sites for hydroxylation is 1. The Balaban J connectivity index is 2.24. The van der Waals surface area contributed by atoms with E-state index in [9.17, 15) is 18.0 Å². The third-order valence-electron chi connectivity index (χ3n) is 2.72. The molecule has 2 rings (SSSR count). The van der Waals surface area contributed by atoms with E-state index >= 15 is 0 Å². The maximum Gasteiger partial charge on any atom is 0.416 e. The number of carbonyl (C=O) groups is 1. The number of hydrogen-bond acceptors (Lipinski definition) is 4. The average Bonchev–Trinajstić information content (AvgIpc) is 2.40. The van der Waals surface area contributed by atoms with Gasteiger partial charge in [0, 0.05) is 5.69 Å². The summed E-state index contributed by atoms with van der Waals surface area (Å²) in [5.74, 6) is -0.527. The molecule has 0 aliphatic carbocycles. The van der Waals surface area contributed by atoms with Gasteiger partial charge in [0.25, 0.3) is 5.91 Å². The number of halogens is 3. The summed E-state index contributed by atoms with van der Waals surface area (Å²) in [6.45, 7) is 1.35. The van der Waals surface area contributed by atoms with Crippen LogP contribution in [0.2, 0.25) is 0 Å². The molecule has 8 heteroatoms. The maximum atomic E-state index is 12.8. The SMILES string of the molecule is Cc1ccc(NC(=O)c2ccc(N)nn2)cc1C(F)(F)F. The molecule has 0 saturated carbocycles. The fourth-order valence-electron chi connectivity index (χ4n) is 1.66. The lowest BCUT2D eigenvalue weighted by molar-refractivity contribution is -0.138. The number of hydrogen-bond donors (Lipinski definition) is 2. The number of nitrogens with one attached hydrogen (secondary N) is 1. The Hall–Kier alpha value is -2.64. The van der Waals surface area contributed by atoms with E-state index in [0.29, 0.717) is 0 Å². The van der Waals surface area contributed by atoms with Crippen molar-refractivity contribution in [3.05, 3.63) is 47.2 Å². The number of aromatic nitrogens is 2. The normalized spacial score (nSPS) is 11.2. The molecule has 21 heavy (non-hydrogen) atoms. The van der Waals surface area contributed by atoms with Crippen LogP contribution in [0.3, 0.4) is 0 Å². The molecule has 0 saturated heterocycles. The van der Waals surface area contributed by atoms with E-state index < -0.39 is 17.6 Å². The summed E-state index contributed by atoms with van der Waals surface area (Å²) < 4.78 is 38.4. The standard InChI is InChI=1S/C13H11F3N4O/c1-7-2-3-8(6-9(7)13(14,15)16)18-12(21)10-4-5-11(17)20-19-10/h2-6H,1H3,(H2,17,20)(H,18,21).